The molecule has 1 aromatic carbocycles. The molecule has 1 aromatic rings. The van der Waals surface area contributed by atoms with Gasteiger partial charge in [-0.15, -0.1) is 0 Å². The molecule has 1 amide bonds. The minimum Gasteiger partial charge on any atom is -0.369 e. The van der Waals surface area contributed by atoms with Crippen LogP contribution in [0, 0.1) is 16.9 Å². The maximum atomic E-state index is 12.5. The highest BCUT2D eigenvalue weighted by Crippen LogP contribution is 2.24. The number of thioether (sulfide) groups is 1. The third-order valence-corrected chi connectivity index (χ3v) is 5.59. The molecule has 1 atom stereocenters. The predicted molar refractivity (Wildman–Crippen MR) is 107 cm³/mol. The summed E-state index contributed by atoms with van der Waals surface area (Å²) in [4.78, 5) is 20.1. The van der Waals surface area contributed by atoms with Gasteiger partial charge in [0.2, 0.25) is 5.96 Å². The first kappa shape index (κ1) is 20.1. The van der Waals surface area contributed by atoms with Crippen LogP contribution in [0.15, 0.2) is 29.3 Å². The van der Waals surface area contributed by atoms with Gasteiger partial charge in [-0.25, -0.2) is 9.89 Å². The molecular formula is C19H27N5OS. The Morgan fingerprint density at radius 2 is 1.88 bits per heavy atom. The number of aliphatic imine (C=N–C) groups is 1. The zero-order valence-corrected chi connectivity index (χ0v) is 16.7. The van der Waals surface area contributed by atoms with E-state index in [4.69, 9.17) is 5.73 Å². The summed E-state index contributed by atoms with van der Waals surface area (Å²) >= 11 is 1.87. The Bertz CT molecular complexity index is 696. The van der Waals surface area contributed by atoms with Crippen molar-refractivity contribution in [2.75, 3.05) is 24.6 Å². The van der Waals surface area contributed by atoms with Gasteiger partial charge in [0.15, 0.2) is 6.19 Å². The maximum absolute atomic E-state index is 12.5. The second kappa shape index (κ2) is 8.45. The number of nitriles is 1. The average molecular weight is 374 g/mol. The van der Waals surface area contributed by atoms with Gasteiger partial charge in [-0.1, -0.05) is 20.8 Å². The van der Waals surface area contributed by atoms with Crippen LogP contribution in [0.5, 0.6) is 0 Å². The lowest BCUT2D eigenvalue weighted by molar-refractivity contribution is 0.0772. The van der Waals surface area contributed by atoms with Crippen molar-refractivity contribution in [3.8, 4) is 6.19 Å². The van der Waals surface area contributed by atoms with E-state index in [1.54, 1.807) is 24.3 Å². The highest BCUT2D eigenvalue weighted by atomic mass is 32.2. The van der Waals surface area contributed by atoms with Crippen molar-refractivity contribution >= 4 is 29.3 Å². The summed E-state index contributed by atoms with van der Waals surface area (Å²) in [5.41, 5.74) is 7.20. The van der Waals surface area contributed by atoms with E-state index >= 15 is 0 Å². The van der Waals surface area contributed by atoms with Crippen LogP contribution < -0.4 is 5.73 Å². The van der Waals surface area contributed by atoms with Crippen molar-refractivity contribution in [2.24, 2.45) is 16.1 Å². The fraction of sp³-hybridized carbons (Fsp3) is 0.526. The molecule has 1 heterocycles. The normalized spacial score (nSPS) is 16.7. The number of rotatable bonds is 3. The van der Waals surface area contributed by atoms with Crippen molar-refractivity contribution in [3.63, 3.8) is 0 Å². The topological polar surface area (TPSA) is 85.7 Å². The number of benzene rings is 1. The van der Waals surface area contributed by atoms with Crippen molar-refractivity contribution in [1.82, 2.24) is 9.80 Å². The first-order valence-electron chi connectivity index (χ1n) is 8.74. The predicted octanol–water partition coefficient (Wildman–Crippen LogP) is 3.04. The number of guanidine groups is 1. The van der Waals surface area contributed by atoms with Crippen molar-refractivity contribution in [2.45, 2.75) is 33.7 Å². The molecule has 1 unspecified atom stereocenters. The first-order valence-corrected chi connectivity index (χ1v) is 9.89. The molecule has 0 aromatic heterocycles. The Labute approximate surface area is 160 Å². The summed E-state index contributed by atoms with van der Waals surface area (Å²) in [7, 11) is 0. The van der Waals surface area contributed by atoms with Gasteiger partial charge in [0.1, 0.15) is 0 Å². The molecule has 26 heavy (non-hydrogen) atoms. The lowest BCUT2D eigenvalue weighted by atomic mass is 9.87. The highest BCUT2D eigenvalue weighted by Gasteiger charge is 2.28. The van der Waals surface area contributed by atoms with E-state index in [0.717, 1.165) is 24.6 Å². The van der Waals surface area contributed by atoms with Crippen molar-refractivity contribution < 1.29 is 4.79 Å². The summed E-state index contributed by atoms with van der Waals surface area (Å²) < 4.78 is 0. The Hall–Kier alpha value is -2.20. The van der Waals surface area contributed by atoms with E-state index in [9.17, 15) is 10.1 Å². The third kappa shape index (κ3) is 4.92. The monoisotopic (exact) mass is 373 g/mol. The second-order valence-corrected chi connectivity index (χ2v) is 8.66. The third-order valence-electron chi connectivity index (χ3n) is 4.65. The Kier molecular flexibility index (Phi) is 6.54. The molecule has 1 saturated heterocycles. The number of hydrogen-bond donors (Lipinski definition) is 1. The maximum Gasteiger partial charge on any atom is 0.253 e. The van der Waals surface area contributed by atoms with E-state index in [0.29, 0.717) is 11.3 Å². The van der Waals surface area contributed by atoms with Gasteiger partial charge in [0.05, 0.1) is 5.69 Å². The molecule has 140 valence electrons. The number of carbonyl (C=O) groups excluding carboxylic acids is 1. The lowest BCUT2D eigenvalue weighted by Gasteiger charge is -2.33. The number of nitrogens with zero attached hydrogens (tertiary/aromatic N) is 4. The van der Waals surface area contributed by atoms with Gasteiger partial charge in [0.25, 0.3) is 5.91 Å². The standard InChI is InChI=1S/C19H27N5OS/c1-14(19(2,3)4)24(13-20)18(21)22-16-7-5-15(6-8-16)17(25)23-9-11-26-12-10-23/h5-8,14H,9-12H2,1-4H3,(H2,21,22). The molecular weight excluding hydrogens is 346 g/mol. The molecule has 1 fully saturated rings. The SMILES string of the molecule is CC(N(C#N)C(N)=Nc1ccc(C(=O)N2CCSCC2)cc1)C(C)(C)C. The summed E-state index contributed by atoms with van der Waals surface area (Å²) in [6.45, 7) is 9.68. The van der Waals surface area contributed by atoms with Crippen LogP contribution in [0.1, 0.15) is 38.1 Å². The molecule has 0 spiro atoms. The van der Waals surface area contributed by atoms with E-state index in [1.807, 2.05) is 23.6 Å². The van der Waals surface area contributed by atoms with Crippen LogP contribution >= 0.6 is 11.8 Å². The quantitative estimate of drug-likeness (QED) is 0.381. The molecule has 0 saturated carbocycles. The van der Waals surface area contributed by atoms with E-state index < -0.39 is 0 Å². The molecule has 0 bridgehead atoms. The fourth-order valence-corrected chi connectivity index (χ4v) is 3.44. The molecule has 2 rings (SSSR count). The Morgan fingerprint density at radius 3 is 2.38 bits per heavy atom. The second-order valence-electron chi connectivity index (χ2n) is 7.43. The van der Waals surface area contributed by atoms with Gasteiger partial charge in [0, 0.05) is 36.2 Å². The molecule has 0 aliphatic carbocycles. The van der Waals surface area contributed by atoms with Crippen LogP contribution in [0.25, 0.3) is 0 Å². The van der Waals surface area contributed by atoms with Gasteiger partial charge >= 0.3 is 0 Å². The molecule has 6 nitrogen and oxygen atoms in total. The summed E-state index contributed by atoms with van der Waals surface area (Å²) in [6, 6.07) is 6.96. The Balaban J connectivity index is 2.13. The van der Waals surface area contributed by atoms with E-state index in [1.165, 1.54) is 4.90 Å². The minimum absolute atomic E-state index is 0.0498. The Morgan fingerprint density at radius 1 is 1.31 bits per heavy atom. The van der Waals surface area contributed by atoms with Crippen LogP contribution in [0.3, 0.4) is 0 Å². The van der Waals surface area contributed by atoms with Crippen molar-refractivity contribution in [3.05, 3.63) is 29.8 Å². The zero-order valence-electron chi connectivity index (χ0n) is 15.9. The van der Waals surface area contributed by atoms with Gasteiger partial charge in [-0.05, 0) is 36.6 Å². The largest absolute Gasteiger partial charge is 0.369 e. The van der Waals surface area contributed by atoms with Crippen molar-refractivity contribution in [1.29, 1.82) is 5.26 Å². The molecule has 7 heteroatoms. The highest BCUT2D eigenvalue weighted by molar-refractivity contribution is 7.99. The van der Waals surface area contributed by atoms with Gasteiger partial charge in [-0.2, -0.15) is 17.0 Å². The average Bonchev–Trinajstić information content (AvgIpc) is 2.62. The zero-order chi connectivity index (χ0) is 19.3. The smallest absolute Gasteiger partial charge is 0.253 e. The van der Waals surface area contributed by atoms with Crippen LogP contribution in [0.4, 0.5) is 5.69 Å². The lowest BCUT2D eigenvalue weighted by Crippen LogP contribution is -2.45. The fourth-order valence-electron chi connectivity index (χ4n) is 2.54. The minimum atomic E-state index is -0.112. The summed E-state index contributed by atoms with van der Waals surface area (Å²) in [5.74, 6) is 2.18. The van der Waals surface area contributed by atoms with Crippen LogP contribution in [0.2, 0.25) is 0 Å². The van der Waals surface area contributed by atoms with E-state index in [2.05, 4.69) is 32.0 Å². The van der Waals surface area contributed by atoms with Crippen LogP contribution in [-0.4, -0.2) is 52.3 Å². The number of nitrogens with two attached hydrogens (primary N) is 1. The first-order chi connectivity index (χ1) is 12.2. The molecule has 1 aliphatic rings. The molecule has 0 radical (unpaired) electrons. The number of hydrogen-bond acceptors (Lipinski definition) is 4. The van der Waals surface area contributed by atoms with Gasteiger partial charge < -0.3 is 10.6 Å². The van der Waals surface area contributed by atoms with Gasteiger partial charge in [-0.3, -0.25) is 4.79 Å². The van der Waals surface area contributed by atoms with E-state index in [-0.39, 0.29) is 23.3 Å². The summed E-state index contributed by atoms with van der Waals surface area (Å²) in [6.07, 6.45) is 2.12. The molecule has 1 aliphatic heterocycles. The number of amides is 1. The van der Waals surface area contributed by atoms with Crippen LogP contribution in [-0.2, 0) is 0 Å². The number of carbonyl (C=O) groups is 1. The molecule has 2 N–H and O–H groups in total. The summed E-state index contributed by atoms with van der Waals surface area (Å²) in [5, 5.41) is 9.43.